The molecule has 7 heteroatoms. The van der Waals surface area contributed by atoms with Crippen LogP contribution in [0.3, 0.4) is 0 Å². The molecule has 0 aromatic heterocycles. The molecule has 0 aliphatic carbocycles. The molecular formula is C7H11NO4Se2. The van der Waals surface area contributed by atoms with Gasteiger partial charge in [0.05, 0.1) is 0 Å². The van der Waals surface area contributed by atoms with Crippen LogP contribution in [0.4, 0.5) is 0 Å². The van der Waals surface area contributed by atoms with E-state index in [1.54, 1.807) is 0 Å². The minimum absolute atomic E-state index is 0.297. The summed E-state index contributed by atoms with van der Waals surface area (Å²) in [5, 5.41) is 2.79. The van der Waals surface area contributed by atoms with Gasteiger partial charge in [-0.15, -0.1) is 0 Å². The molecule has 0 aromatic rings. The van der Waals surface area contributed by atoms with Crippen LogP contribution in [0.5, 0.6) is 0 Å². The summed E-state index contributed by atoms with van der Waals surface area (Å²) in [5.41, 5.74) is 0.594. The van der Waals surface area contributed by atoms with Crippen molar-refractivity contribution >= 4 is 44.0 Å². The molecule has 0 bridgehead atoms. The average molecular weight is 331 g/mol. The molecule has 0 aromatic carbocycles. The molecule has 1 fully saturated rings. The van der Waals surface area contributed by atoms with E-state index in [1.807, 2.05) is 0 Å². The topological polar surface area (TPSA) is 64.6 Å². The Morgan fingerprint density at radius 3 is 1.79 bits per heavy atom. The van der Waals surface area contributed by atoms with Crippen molar-refractivity contribution in [1.82, 2.24) is 5.32 Å². The first-order valence-electron chi connectivity index (χ1n) is 4.00. The third kappa shape index (κ3) is 2.97. The fourth-order valence-electron chi connectivity index (χ4n) is 1.11. The van der Waals surface area contributed by atoms with Crippen molar-refractivity contribution in [1.29, 1.82) is 0 Å². The zero-order valence-electron chi connectivity index (χ0n) is 7.30. The number of carbonyl (C=O) groups excluding carboxylic acids is 2. The number of rotatable bonds is 4. The van der Waals surface area contributed by atoms with E-state index in [4.69, 9.17) is 9.47 Å². The number of carbonyl (C=O) groups is 2. The molecule has 1 aliphatic heterocycles. The van der Waals surface area contributed by atoms with Crippen LogP contribution in [0, 0.1) is 0 Å². The van der Waals surface area contributed by atoms with E-state index in [2.05, 4.69) is 37.3 Å². The minimum atomic E-state index is -0.358. The molecule has 1 rings (SSSR count). The number of hydrogen-bond acceptors (Lipinski definition) is 5. The molecule has 2 unspecified atom stereocenters. The molecular weight excluding hydrogens is 320 g/mol. The normalized spacial score (nSPS) is 25.0. The van der Waals surface area contributed by atoms with Crippen molar-refractivity contribution < 1.29 is 19.1 Å². The Kier molecular flexibility index (Phi) is 4.92. The zero-order valence-corrected chi connectivity index (χ0v) is 11.1. The molecule has 5 nitrogen and oxygen atoms in total. The Hall–Kier alpha value is -0.0610. The summed E-state index contributed by atoms with van der Waals surface area (Å²) >= 11 is 4.31. The predicted octanol–water partition coefficient (Wildman–Crippen LogP) is -2.48. The van der Waals surface area contributed by atoms with E-state index in [1.165, 1.54) is 0 Å². The molecule has 0 spiro atoms. The Balaban J connectivity index is 2.22. The molecule has 0 radical (unpaired) electrons. The van der Waals surface area contributed by atoms with Gasteiger partial charge in [0.25, 0.3) is 0 Å². The molecule has 1 N–H and O–H groups in total. The van der Waals surface area contributed by atoms with Crippen LogP contribution in [0.15, 0.2) is 0 Å². The average Bonchev–Trinajstić information content (AvgIpc) is 2.02. The van der Waals surface area contributed by atoms with Gasteiger partial charge < -0.3 is 0 Å². The Morgan fingerprint density at radius 2 is 1.50 bits per heavy atom. The molecule has 80 valence electrons. The van der Waals surface area contributed by atoms with Gasteiger partial charge in [-0.1, -0.05) is 0 Å². The molecule has 1 saturated heterocycles. The van der Waals surface area contributed by atoms with E-state index in [-0.39, 0.29) is 24.0 Å². The number of hydrogen-bond donors (Lipinski definition) is 1. The zero-order chi connectivity index (χ0) is 10.6. The Labute approximate surface area is 97.9 Å². The SMILES string of the molecule is O=C(OC[SeH])C1CC(C(=O)OC[SeH])N1. The summed E-state index contributed by atoms with van der Waals surface area (Å²) in [6.07, 6.45) is 0.456. The van der Waals surface area contributed by atoms with E-state index >= 15 is 0 Å². The summed E-state index contributed by atoms with van der Waals surface area (Å²) < 4.78 is 9.50. The molecule has 1 aliphatic rings. The summed E-state index contributed by atoms with van der Waals surface area (Å²) in [6.45, 7) is 0. The second kappa shape index (κ2) is 5.73. The number of ether oxygens (including phenoxy) is 2. The summed E-state index contributed by atoms with van der Waals surface area (Å²) in [5.74, 6) is -0.635. The maximum atomic E-state index is 11.1. The summed E-state index contributed by atoms with van der Waals surface area (Å²) in [7, 11) is 0. The fraction of sp³-hybridized carbons (Fsp3) is 0.714. The number of esters is 2. The molecule has 14 heavy (non-hydrogen) atoms. The monoisotopic (exact) mass is 333 g/mol. The molecule has 1 heterocycles. The van der Waals surface area contributed by atoms with Crippen LogP contribution in [-0.2, 0) is 19.1 Å². The van der Waals surface area contributed by atoms with Crippen molar-refractivity contribution in [3.63, 3.8) is 0 Å². The van der Waals surface area contributed by atoms with Crippen molar-refractivity contribution in [3.8, 4) is 0 Å². The van der Waals surface area contributed by atoms with Gasteiger partial charge in [0.15, 0.2) is 0 Å². The summed E-state index contributed by atoms with van der Waals surface area (Å²) in [4.78, 5) is 22.2. The molecule has 2 atom stereocenters. The van der Waals surface area contributed by atoms with Crippen molar-refractivity contribution in [2.24, 2.45) is 0 Å². The van der Waals surface area contributed by atoms with Gasteiger partial charge in [-0.25, -0.2) is 0 Å². The fourth-order valence-corrected chi connectivity index (χ4v) is 1.65. The van der Waals surface area contributed by atoms with E-state index in [0.717, 1.165) is 0 Å². The maximum absolute atomic E-state index is 11.1. The molecule has 0 amide bonds. The van der Waals surface area contributed by atoms with Crippen LogP contribution in [-0.4, -0.2) is 67.1 Å². The van der Waals surface area contributed by atoms with Gasteiger partial charge in [-0.05, 0) is 0 Å². The first-order valence-corrected chi connectivity index (χ1v) is 6.65. The van der Waals surface area contributed by atoms with Crippen molar-refractivity contribution in [2.75, 3.05) is 11.0 Å². The Morgan fingerprint density at radius 1 is 1.14 bits per heavy atom. The molecule has 0 saturated carbocycles. The van der Waals surface area contributed by atoms with E-state index < -0.39 is 0 Å². The van der Waals surface area contributed by atoms with Gasteiger partial charge in [0, 0.05) is 0 Å². The van der Waals surface area contributed by atoms with E-state index in [9.17, 15) is 9.59 Å². The van der Waals surface area contributed by atoms with Crippen molar-refractivity contribution in [2.45, 2.75) is 18.5 Å². The first kappa shape index (κ1) is 12.0. The number of nitrogens with one attached hydrogen (secondary N) is 1. The van der Waals surface area contributed by atoms with Crippen LogP contribution in [0.2, 0.25) is 0 Å². The second-order valence-corrected chi connectivity index (χ2v) is 3.78. The third-order valence-electron chi connectivity index (χ3n) is 1.86. The second-order valence-electron chi connectivity index (χ2n) is 2.69. The summed E-state index contributed by atoms with van der Waals surface area (Å²) in [6, 6.07) is -0.717. The predicted molar refractivity (Wildman–Crippen MR) is 51.5 cm³/mol. The van der Waals surface area contributed by atoms with Crippen LogP contribution in [0.1, 0.15) is 6.42 Å². The van der Waals surface area contributed by atoms with Gasteiger partial charge in [0.1, 0.15) is 0 Å². The van der Waals surface area contributed by atoms with Crippen LogP contribution >= 0.6 is 0 Å². The van der Waals surface area contributed by atoms with Gasteiger partial charge >= 0.3 is 97.9 Å². The third-order valence-corrected chi connectivity index (χ3v) is 2.40. The van der Waals surface area contributed by atoms with Gasteiger partial charge in [-0.2, -0.15) is 0 Å². The standard InChI is InChI=1S/C7H11NO4Se2/c9-6(11-2-13)4-1-5(8-4)7(10)12-3-14/h4-5,8,13-14H,1-3H2. The first-order chi connectivity index (χ1) is 6.69. The Bertz CT molecular complexity index is 208. The van der Waals surface area contributed by atoms with Crippen molar-refractivity contribution in [3.05, 3.63) is 0 Å². The quantitative estimate of drug-likeness (QED) is 0.457. The van der Waals surface area contributed by atoms with E-state index in [0.29, 0.717) is 17.4 Å². The van der Waals surface area contributed by atoms with Gasteiger partial charge in [-0.3, -0.25) is 0 Å². The van der Waals surface area contributed by atoms with Crippen LogP contribution < -0.4 is 5.32 Å². The van der Waals surface area contributed by atoms with Crippen LogP contribution in [0.25, 0.3) is 0 Å². The van der Waals surface area contributed by atoms with Gasteiger partial charge in [0.2, 0.25) is 0 Å².